The van der Waals surface area contributed by atoms with Crippen molar-refractivity contribution in [2.75, 3.05) is 0 Å². The number of rotatable bonds is 3. The molecule has 1 aliphatic rings. The molecule has 1 aromatic rings. The van der Waals surface area contributed by atoms with Crippen molar-refractivity contribution in [2.45, 2.75) is 38.6 Å². The Kier molecular flexibility index (Phi) is 4.12. The minimum Gasteiger partial charge on any atom is -0.340 e. The molecule has 1 saturated heterocycles. The molecule has 2 rings (SSSR count). The number of hydrogen-bond acceptors (Lipinski definition) is 4. The highest BCUT2D eigenvalue weighted by atomic mass is 16.2. The van der Waals surface area contributed by atoms with Gasteiger partial charge in [-0.05, 0) is 24.5 Å². The molecule has 1 aromatic heterocycles. The van der Waals surface area contributed by atoms with Crippen LogP contribution in [-0.4, -0.2) is 28.7 Å². The summed E-state index contributed by atoms with van der Waals surface area (Å²) in [5, 5.41) is 4.81. The summed E-state index contributed by atoms with van der Waals surface area (Å²) >= 11 is 0. The fourth-order valence-corrected chi connectivity index (χ4v) is 1.95. The Labute approximate surface area is 117 Å². The quantitative estimate of drug-likeness (QED) is 0.796. The molecule has 6 heteroatoms. The maximum Gasteiger partial charge on any atom is 0.253 e. The Bertz CT molecular complexity index is 537. The van der Waals surface area contributed by atoms with Gasteiger partial charge in [0.25, 0.3) is 5.91 Å². The van der Waals surface area contributed by atoms with Crippen molar-refractivity contribution in [2.24, 2.45) is 0 Å². The zero-order chi connectivity index (χ0) is 14.7. The summed E-state index contributed by atoms with van der Waals surface area (Å²) < 4.78 is 0. The fourth-order valence-electron chi connectivity index (χ4n) is 1.95. The molecule has 1 unspecified atom stereocenters. The number of nitrogens with one attached hydrogen (secondary N) is 2. The van der Waals surface area contributed by atoms with E-state index in [0.29, 0.717) is 17.9 Å². The summed E-state index contributed by atoms with van der Waals surface area (Å²) in [6.45, 7) is 4.04. The van der Waals surface area contributed by atoms with Crippen LogP contribution in [0.15, 0.2) is 18.3 Å². The van der Waals surface area contributed by atoms with Crippen LogP contribution in [0.4, 0.5) is 0 Å². The smallest absolute Gasteiger partial charge is 0.253 e. The van der Waals surface area contributed by atoms with Crippen LogP contribution in [-0.2, 0) is 9.59 Å². The number of piperidine rings is 1. The molecule has 0 spiro atoms. The third-order valence-electron chi connectivity index (χ3n) is 3.18. The van der Waals surface area contributed by atoms with E-state index in [-0.39, 0.29) is 18.2 Å². The minimum absolute atomic E-state index is 0.237. The lowest BCUT2D eigenvalue weighted by Gasteiger charge is -2.21. The topological polar surface area (TPSA) is 88.2 Å². The molecule has 20 heavy (non-hydrogen) atoms. The Morgan fingerprint density at radius 3 is 2.70 bits per heavy atom. The van der Waals surface area contributed by atoms with Crippen molar-refractivity contribution in [3.8, 4) is 0 Å². The zero-order valence-electron chi connectivity index (χ0n) is 11.5. The number of nitrogens with zero attached hydrogens (tertiary/aromatic N) is 1. The van der Waals surface area contributed by atoms with Gasteiger partial charge in [0.05, 0.1) is 5.56 Å². The summed E-state index contributed by atoms with van der Waals surface area (Å²) in [6, 6.07) is 2.82. The van der Waals surface area contributed by atoms with Gasteiger partial charge >= 0.3 is 0 Å². The monoisotopic (exact) mass is 275 g/mol. The van der Waals surface area contributed by atoms with Gasteiger partial charge in [-0.2, -0.15) is 0 Å². The van der Waals surface area contributed by atoms with E-state index in [1.807, 2.05) is 13.8 Å². The molecular formula is C14H17N3O3. The highest BCUT2D eigenvalue weighted by Gasteiger charge is 2.28. The highest BCUT2D eigenvalue weighted by Crippen LogP contribution is 2.12. The zero-order valence-corrected chi connectivity index (χ0v) is 11.5. The van der Waals surface area contributed by atoms with Gasteiger partial charge in [0.15, 0.2) is 0 Å². The van der Waals surface area contributed by atoms with Crippen LogP contribution in [0.1, 0.15) is 48.7 Å². The first-order chi connectivity index (χ1) is 9.47. The van der Waals surface area contributed by atoms with Crippen LogP contribution in [0.2, 0.25) is 0 Å². The second-order valence-electron chi connectivity index (χ2n) is 5.10. The number of amides is 3. The molecule has 0 aromatic carbocycles. The van der Waals surface area contributed by atoms with Gasteiger partial charge < -0.3 is 5.32 Å². The second kappa shape index (κ2) is 5.81. The lowest BCUT2D eigenvalue weighted by atomic mass is 10.1. The number of carbonyl (C=O) groups is 3. The van der Waals surface area contributed by atoms with Gasteiger partial charge in [-0.1, -0.05) is 13.8 Å². The minimum atomic E-state index is -0.662. The summed E-state index contributed by atoms with van der Waals surface area (Å²) in [4.78, 5) is 38.8. The van der Waals surface area contributed by atoms with Crippen LogP contribution in [0.5, 0.6) is 0 Å². The third kappa shape index (κ3) is 3.20. The standard InChI is InChI=1S/C14H17N3O3/c1-8(2)10-4-3-9(7-15-10)13(19)16-11-5-6-12(18)17-14(11)20/h3-4,7-8,11H,5-6H2,1-2H3,(H,16,19)(H,17,18,20). The first-order valence-corrected chi connectivity index (χ1v) is 6.58. The van der Waals surface area contributed by atoms with E-state index in [1.165, 1.54) is 6.20 Å². The maximum atomic E-state index is 12.0. The van der Waals surface area contributed by atoms with E-state index in [2.05, 4.69) is 15.6 Å². The van der Waals surface area contributed by atoms with Crippen LogP contribution < -0.4 is 10.6 Å². The van der Waals surface area contributed by atoms with Crippen molar-refractivity contribution in [1.82, 2.24) is 15.6 Å². The number of pyridine rings is 1. The largest absolute Gasteiger partial charge is 0.340 e. The highest BCUT2D eigenvalue weighted by molar-refractivity contribution is 6.03. The van der Waals surface area contributed by atoms with Crippen LogP contribution in [0.25, 0.3) is 0 Å². The average Bonchev–Trinajstić information content (AvgIpc) is 2.42. The van der Waals surface area contributed by atoms with Crippen molar-refractivity contribution >= 4 is 17.7 Å². The lowest BCUT2D eigenvalue weighted by Crippen LogP contribution is -2.52. The first kappa shape index (κ1) is 14.2. The second-order valence-corrected chi connectivity index (χ2v) is 5.10. The molecule has 3 amide bonds. The normalized spacial score (nSPS) is 18.9. The van der Waals surface area contributed by atoms with Gasteiger partial charge in [-0.15, -0.1) is 0 Å². The molecule has 1 aliphatic heterocycles. The molecule has 1 fully saturated rings. The maximum absolute atomic E-state index is 12.0. The molecular weight excluding hydrogens is 258 g/mol. The third-order valence-corrected chi connectivity index (χ3v) is 3.18. The molecule has 0 aliphatic carbocycles. The number of carbonyl (C=O) groups excluding carboxylic acids is 3. The van der Waals surface area contributed by atoms with Crippen molar-refractivity contribution in [1.29, 1.82) is 0 Å². The van der Waals surface area contributed by atoms with Crippen LogP contribution >= 0.6 is 0 Å². The molecule has 1 atom stereocenters. The molecule has 106 valence electrons. The molecule has 6 nitrogen and oxygen atoms in total. The predicted molar refractivity (Wildman–Crippen MR) is 72.0 cm³/mol. The molecule has 0 bridgehead atoms. The molecule has 2 N–H and O–H groups in total. The summed E-state index contributed by atoms with van der Waals surface area (Å²) in [6.07, 6.45) is 2.06. The van der Waals surface area contributed by atoms with Gasteiger partial charge in [0.2, 0.25) is 11.8 Å². The summed E-state index contributed by atoms with van der Waals surface area (Å²) in [7, 11) is 0. The number of hydrogen-bond donors (Lipinski definition) is 2. The van der Waals surface area contributed by atoms with Crippen molar-refractivity contribution in [3.05, 3.63) is 29.6 Å². The van der Waals surface area contributed by atoms with Gasteiger partial charge in [0.1, 0.15) is 6.04 Å². The van der Waals surface area contributed by atoms with Crippen molar-refractivity contribution < 1.29 is 14.4 Å². The molecule has 0 radical (unpaired) electrons. The first-order valence-electron chi connectivity index (χ1n) is 6.58. The lowest BCUT2D eigenvalue weighted by molar-refractivity contribution is -0.134. The van der Waals surface area contributed by atoms with E-state index in [1.54, 1.807) is 12.1 Å². The Balaban J connectivity index is 2.01. The number of aromatic nitrogens is 1. The Morgan fingerprint density at radius 2 is 2.15 bits per heavy atom. The van der Waals surface area contributed by atoms with Gasteiger partial charge in [0, 0.05) is 18.3 Å². The number of imide groups is 1. The van der Waals surface area contributed by atoms with Gasteiger partial charge in [-0.25, -0.2) is 0 Å². The van der Waals surface area contributed by atoms with Crippen molar-refractivity contribution in [3.63, 3.8) is 0 Å². The van der Waals surface area contributed by atoms with E-state index in [4.69, 9.17) is 0 Å². The van der Waals surface area contributed by atoms with E-state index in [0.717, 1.165) is 5.69 Å². The predicted octanol–water partition coefficient (Wildman–Crippen LogP) is 0.740. The van der Waals surface area contributed by atoms with Gasteiger partial charge in [-0.3, -0.25) is 24.7 Å². The molecule has 0 saturated carbocycles. The Hall–Kier alpha value is -2.24. The van der Waals surface area contributed by atoms with Crippen LogP contribution in [0.3, 0.4) is 0 Å². The average molecular weight is 275 g/mol. The molecule has 2 heterocycles. The fraction of sp³-hybridized carbons (Fsp3) is 0.429. The SMILES string of the molecule is CC(C)c1ccc(C(=O)NC2CCC(=O)NC2=O)cn1. The van der Waals surface area contributed by atoms with E-state index < -0.39 is 11.9 Å². The van der Waals surface area contributed by atoms with Crippen LogP contribution in [0, 0.1) is 0 Å². The summed E-state index contributed by atoms with van der Waals surface area (Å²) in [5.41, 5.74) is 1.31. The van der Waals surface area contributed by atoms with E-state index >= 15 is 0 Å². The Morgan fingerprint density at radius 1 is 1.40 bits per heavy atom. The summed E-state index contributed by atoms with van der Waals surface area (Å²) in [5.74, 6) is -0.825. The van der Waals surface area contributed by atoms with E-state index in [9.17, 15) is 14.4 Å².